The zero-order valence-corrected chi connectivity index (χ0v) is 13.5. The first-order valence-corrected chi connectivity index (χ1v) is 10.2. The van der Waals surface area contributed by atoms with E-state index < -0.39 is 8.07 Å². The van der Waals surface area contributed by atoms with E-state index in [4.69, 9.17) is 4.74 Å². The Kier molecular flexibility index (Phi) is 3.73. The van der Waals surface area contributed by atoms with Gasteiger partial charge in [0.1, 0.15) is 13.8 Å². The van der Waals surface area contributed by atoms with Crippen LogP contribution in [0.15, 0.2) is 30.9 Å². The normalized spacial score (nSPS) is 11.3. The van der Waals surface area contributed by atoms with E-state index in [0.29, 0.717) is 0 Å². The second-order valence-electron chi connectivity index (χ2n) is 5.86. The number of allylic oxidation sites excluding steroid dienone is 1. The van der Waals surface area contributed by atoms with Crippen LogP contribution in [0.5, 0.6) is 5.75 Å². The van der Waals surface area contributed by atoms with Gasteiger partial charge in [-0.15, -0.1) is 6.58 Å². The maximum absolute atomic E-state index is 9.59. The van der Waals surface area contributed by atoms with Crippen molar-refractivity contribution in [1.82, 2.24) is 4.57 Å². The van der Waals surface area contributed by atoms with Gasteiger partial charge in [-0.3, -0.25) is 4.57 Å². The Morgan fingerprint density at radius 3 is 2.60 bits per heavy atom. The number of methoxy groups -OCH3 is 1. The van der Waals surface area contributed by atoms with Gasteiger partial charge in [0, 0.05) is 10.7 Å². The van der Waals surface area contributed by atoms with Gasteiger partial charge in [-0.05, 0) is 24.1 Å². The number of nitrogens with zero attached hydrogens (tertiary/aromatic N) is 2. The van der Waals surface area contributed by atoms with Crippen LogP contribution in [0, 0.1) is 11.5 Å². The van der Waals surface area contributed by atoms with E-state index in [-0.39, 0.29) is 0 Å². The van der Waals surface area contributed by atoms with E-state index in [1.165, 1.54) is 10.9 Å². The summed E-state index contributed by atoms with van der Waals surface area (Å²) >= 11 is 0. The maximum atomic E-state index is 9.59. The van der Waals surface area contributed by atoms with Crippen LogP contribution in [0.25, 0.3) is 10.9 Å². The van der Waals surface area contributed by atoms with Crippen LogP contribution in [-0.2, 0) is 6.42 Å². The van der Waals surface area contributed by atoms with Crippen molar-refractivity contribution in [3.8, 4) is 11.9 Å². The quantitative estimate of drug-likeness (QED) is 0.638. The summed E-state index contributed by atoms with van der Waals surface area (Å²) in [5.41, 5.74) is 2.12. The summed E-state index contributed by atoms with van der Waals surface area (Å²) in [7, 11) is 0.00871. The predicted molar refractivity (Wildman–Crippen MR) is 86.4 cm³/mol. The van der Waals surface area contributed by atoms with Crippen molar-refractivity contribution < 1.29 is 4.74 Å². The van der Waals surface area contributed by atoms with Gasteiger partial charge in [0.2, 0.25) is 0 Å². The minimum absolute atomic E-state index is 0.755. The summed E-state index contributed by atoms with van der Waals surface area (Å²) in [6.45, 7) is 10.6. The minimum atomic E-state index is -1.66. The molecule has 0 aliphatic heterocycles. The molecule has 0 radical (unpaired) electrons. The molecule has 0 saturated carbocycles. The van der Waals surface area contributed by atoms with Crippen molar-refractivity contribution >= 4 is 24.3 Å². The molecule has 0 aliphatic rings. The number of hydrogen-bond acceptors (Lipinski definition) is 2. The Bertz CT molecular complexity index is 702. The van der Waals surface area contributed by atoms with Crippen LogP contribution in [0.3, 0.4) is 0 Å². The van der Waals surface area contributed by atoms with Gasteiger partial charge in [0.15, 0.2) is 6.19 Å². The zero-order valence-electron chi connectivity index (χ0n) is 12.5. The largest absolute Gasteiger partial charge is 0.496 e. The molecule has 0 amide bonds. The fourth-order valence-corrected chi connectivity index (χ4v) is 4.76. The number of ether oxygens (including phenoxy) is 1. The molecule has 0 N–H and O–H groups in total. The van der Waals surface area contributed by atoms with E-state index in [1.807, 2.05) is 24.3 Å². The first kappa shape index (κ1) is 14.4. The molecule has 0 atom stereocenters. The molecule has 4 heteroatoms. The van der Waals surface area contributed by atoms with Crippen LogP contribution in [-0.4, -0.2) is 19.8 Å². The zero-order chi connectivity index (χ0) is 14.9. The number of aromatic nitrogens is 1. The lowest BCUT2D eigenvalue weighted by atomic mass is 10.1. The summed E-state index contributed by atoms with van der Waals surface area (Å²) in [5.74, 6) is 0.827. The van der Waals surface area contributed by atoms with Crippen molar-refractivity contribution in [1.29, 1.82) is 5.26 Å². The molecule has 1 aromatic heterocycles. The molecular weight excluding hydrogens is 264 g/mol. The van der Waals surface area contributed by atoms with Gasteiger partial charge in [-0.2, -0.15) is 5.26 Å². The summed E-state index contributed by atoms with van der Waals surface area (Å²) < 4.78 is 7.28. The molecule has 0 aliphatic carbocycles. The van der Waals surface area contributed by atoms with Gasteiger partial charge < -0.3 is 4.74 Å². The fraction of sp³-hybridized carbons (Fsp3) is 0.312. The number of rotatable bonds is 4. The lowest BCUT2D eigenvalue weighted by Gasteiger charge is -2.18. The van der Waals surface area contributed by atoms with Crippen LogP contribution in [0.4, 0.5) is 0 Å². The molecule has 104 valence electrons. The molecule has 0 bridgehead atoms. The van der Waals surface area contributed by atoms with Crippen LogP contribution >= 0.6 is 0 Å². The second-order valence-corrected chi connectivity index (χ2v) is 10.8. The summed E-state index contributed by atoms with van der Waals surface area (Å²) in [4.78, 5) is 0. The topological polar surface area (TPSA) is 38.0 Å². The Hall–Kier alpha value is -1.99. The third kappa shape index (κ3) is 2.14. The second kappa shape index (κ2) is 5.18. The molecular formula is C16H20N2OSi. The first-order chi connectivity index (χ1) is 9.45. The van der Waals surface area contributed by atoms with E-state index in [1.54, 1.807) is 11.7 Å². The summed E-state index contributed by atoms with van der Waals surface area (Å²) in [5, 5.41) is 11.8. The number of fused-ring (bicyclic) bond motifs is 1. The minimum Gasteiger partial charge on any atom is -0.496 e. The number of benzene rings is 1. The molecule has 20 heavy (non-hydrogen) atoms. The molecule has 2 aromatic rings. The summed E-state index contributed by atoms with van der Waals surface area (Å²) in [6.07, 6.45) is 4.99. The van der Waals surface area contributed by atoms with Gasteiger partial charge >= 0.3 is 0 Å². The SMILES string of the molecule is C=CCc1c([Si](C)(C)C)n(C#N)c2cccc(OC)c12. The molecule has 0 unspecified atom stereocenters. The third-order valence-electron chi connectivity index (χ3n) is 3.44. The number of nitriles is 1. The lowest BCUT2D eigenvalue weighted by Crippen LogP contribution is -2.44. The highest BCUT2D eigenvalue weighted by atomic mass is 28.3. The van der Waals surface area contributed by atoms with Crippen molar-refractivity contribution in [2.24, 2.45) is 0 Å². The number of hydrogen-bond donors (Lipinski definition) is 0. The highest BCUT2D eigenvalue weighted by molar-refractivity contribution is 6.88. The highest BCUT2D eigenvalue weighted by Gasteiger charge is 2.29. The average molecular weight is 284 g/mol. The smallest absolute Gasteiger partial charge is 0.188 e. The average Bonchev–Trinajstić information content (AvgIpc) is 2.73. The monoisotopic (exact) mass is 284 g/mol. The maximum Gasteiger partial charge on any atom is 0.188 e. The Balaban J connectivity index is 3.00. The molecule has 3 nitrogen and oxygen atoms in total. The van der Waals surface area contributed by atoms with Gasteiger partial charge in [-0.25, -0.2) is 0 Å². The van der Waals surface area contributed by atoms with Gasteiger partial charge in [0.25, 0.3) is 0 Å². The van der Waals surface area contributed by atoms with E-state index >= 15 is 0 Å². The fourth-order valence-electron chi connectivity index (χ4n) is 2.79. The lowest BCUT2D eigenvalue weighted by molar-refractivity contribution is 0.419. The standard InChI is InChI=1S/C16H20N2OSi/c1-6-8-12-15-13(9-7-10-14(15)19-2)18(11-17)16(12)20(3,4)5/h6-7,9-10H,1,8H2,2-5H3. The van der Waals surface area contributed by atoms with Crippen molar-refractivity contribution in [3.63, 3.8) is 0 Å². The molecule has 0 spiro atoms. The van der Waals surface area contributed by atoms with Gasteiger partial charge in [-0.1, -0.05) is 31.8 Å². The van der Waals surface area contributed by atoms with Crippen LogP contribution < -0.4 is 10.1 Å². The van der Waals surface area contributed by atoms with Crippen LogP contribution in [0.1, 0.15) is 5.56 Å². The highest BCUT2D eigenvalue weighted by Crippen LogP contribution is 2.31. The molecule has 2 rings (SSSR count). The molecule has 1 aromatic carbocycles. The first-order valence-electron chi connectivity index (χ1n) is 6.67. The van der Waals surface area contributed by atoms with E-state index in [0.717, 1.165) is 23.1 Å². The van der Waals surface area contributed by atoms with Crippen LogP contribution in [0.2, 0.25) is 19.6 Å². The van der Waals surface area contributed by atoms with Gasteiger partial charge in [0.05, 0.1) is 12.6 Å². The molecule has 0 saturated heterocycles. The summed E-state index contributed by atoms with van der Waals surface area (Å²) in [6, 6.07) is 5.86. The third-order valence-corrected chi connectivity index (χ3v) is 5.38. The molecule has 1 heterocycles. The van der Waals surface area contributed by atoms with E-state index in [9.17, 15) is 5.26 Å². The van der Waals surface area contributed by atoms with Crippen molar-refractivity contribution in [2.75, 3.05) is 7.11 Å². The Morgan fingerprint density at radius 2 is 2.10 bits per heavy atom. The van der Waals surface area contributed by atoms with Crippen molar-refractivity contribution in [3.05, 3.63) is 36.4 Å². The van der Waals surface area contributed by atoms with E-state index in [2.05, 4.69) is 32.4 Å². The Morgan fingerprint density at radius 1 is 1.40 bits per heavy atom. The van der Waals surface area contributed by atoms with Crippen molar-refractivity contribution in [2.45, 2.75) is 26.1 Å². The Labute approximate surface area is 121 Å². The molecule has 0 fully saturated rings. The predicted octanol–water partition coefficient (Wildman–Crippen LogP) is 3.25.